The summed E-state index contributed by atoms with van der Waals surface area (Å²) in [7, 11) is 0. The van der Waals surface area contributed by atoms with E-state index in [2.05, 4.69) is 26.9 Å². The van der Waals surface area contributed by atoms with E-state index in [9.17, 15) is 4.39 Å². The number of guanidine groups is 1. The van der Waals surface area contributed by atoms with Crippen LogP contribution >= 0.6 is 35.7 Å². The molecule has 0 unspecified atom stereocenters. The van der Waals surface area contributed by atoms with Crippen LogP contribution in [0.25, 0.3) is 0 Å². The van der Waals surface area contributed by atoms with Crippen LogP contribution in [0, 0.1) is 5.82 Å². The van der Waals surface area contributed by atoms with Crippen molar-refractivity contribution in [3.63, 3.8) is 0 Å². The van der Waals surface area contributed by atoms with E-state index in [1.54, 1.807) is 36.2 Å². The number of rotatable bonds is 8. The summed E-state index contributed by atoms with van der Waals surface area (Å²) in [5, 5.41) is 6.50. The van der Waals surface area contributed by atoms with Crippen LogP contribution in [0.5, 0.6) is 11.6 Å². The van der Waals surface area contributed by atoms with E-state index in [4.69, 9.17) is 4.74 Å². The van der Waals surface area contributed by atoms with Gasteiger partial charge in [0.15, 0.2) is 5.96 Å². The normalized spacial score (nSPS) is 10.8. The maximum Gasteiger partial charge on any atom is 0.219 e. The van der Waals surface area contributed by atoms with Crippen molar-refractivity contribution >= 4 is 41.7 Å². The molecule has 5 nitrogen and oxygen atoms in total. The van der Waals surface area contributed by atoms with Gasteiger partial charge in [-0.05, 0) is 43.0 Å². The number of nitrogens with one attached hydrogen (secondary N) is 2. The van der Waals surface area contributed by atoms with Gasteiger partial charge in [-0.25, -0.2) is 14.4 Å². The quantitative estimate of drug-likeness (QED) is 0.253. The molecule has 0 spiro atoms. The maximum absolute atomic E-state index is 12.9. The van der Waals surface area contributed by atoms with Crippen molar-refractivity contribution < 1.29 is 9.13 Å². The summed E-state index contributed by atoms with van der Waals surface area (Å²) >= 11 is 1.79. The summed E-state index contributed by atoms with van der Waals surface area (Å²) in [6.45, 7) is 4.25. The smallest absolute Gasteiger partial charge is 0.219 e. The number of aliphatic imine (C=N–C) groups is 1. The Bertz CT molecular complexity index is 668. The molecule has 1 aromatic carbocycles. The molecule has 142 valence electrons. The lowest BCUT2D eigenvalue weighted by molar-refractivity contribution is 0.461. The van der Waals surface area contributed by atoms with Crippen LogP contribution in [0.1, 0.15) is 12.5 Å². The number of aromatic nitrogens is 1. The molecule has 0 aliphatic heterocycles. The van der Waals surface area contributed by atoms with Crippen molar-refractivity contribution in [2.24, 2.45) is 4.99 Å². The molecular formula is C18H24FIN4OS. The molecule has 2 aromatic rings. The molecule has 26 heavy (non-hydrogen) atoms. The first-order chi connectivity index (χ1) is 12.2. The lowest BCUT2D eigenvalue weighted by Gasteiger charge is -2.10. The number of hydrogen-bond donors (Lipinski definition) is 2. The number of hydrogen-bond acceptors (Lipinski definition) is 4. The Morgan fingerprint density at radius 3 is 2.58 bits per heavy atom. The van der Waals surface area contributed by atoms with Crippen molar-refractivity contribution in [2.45, 2.75) is 13.5 Å². The van der Waals surface area contributed by atoms with E-state index in [0.717, 1.165) is 30.4 Å². The number of nitrogens with zero attached hydrogens (tertiary/aromatic N) is 2. The maximum atomic E-state index is 12.9. The third kappa shape index (κ3) is 8.22. The fraction of sp³-hybridized carbons (Fsp3) is 0.333. The lowest BCUT2D eigenvalue weighted by atomic mass is 10.3. The number of thioether (sulfide) groups is 1. The van der Waals surface area contributed by atoms with Gasteiger partial charge in [0.05, 0.1) is 6.54 Å². The molecule has 1 heterocycles. The molecule has 0 aliphatic rings. The summed E-state index contributed by atoms with van der Waals surface area (Å²) in [4.78, 5) is 8.81. The molecule has 1 aromatic heterocycles. The van der Waals surface area contributed by atoms with Gasteiger partial charge in [-0.1, -0.05) is 6.07 Å². The Morgan fingerprint density at radius 1 is 1.19 bits per heavy atom. The highest BCUT2D eigenvalue weighted by molar-refractivity contribution is 14.0. The van der Waals surface area contributed by atoms with Crippen molar-refractivity contribution in [3.8, 4) is 11.6 Å². The fourth-order valence-electron chi connectivity index (χ4n) is 1.97. The Morgan fingerprint density at radius 2 is 1.96 bits per heavy atom. The van der Waals surface area contributed by atoms with Crippen LogP contribution in [-0.2, 0) is 6.54 Å². The Hall–Kier alpha value is -1.55. The van der Waals surface area contributed by atoms with Crippen molar-refractivity contribution in [3.05, 3.63) is 54.0 Å². The topological polar surface area (TPSA) is 58.5 Å². The minimum atomic E-state index is -0.295. The predicted molar refractivity (Wildman–Crippen MR) is 117 cm³/mol. The van der Waals surface area contributed by atoms with E-state index in [-0.39, 0.29) is 29.8 Å². The highest BCUT2D eigenvalue weighted by Gasteiger charge is 2.01. The Kier molecular flexibility index (Phi) is 11.0. The van der Waals surface area contributed by atoms with Gasteiger partial charge in [-0.15, -0.1) is 24.0 Å². The summed E-state index contributed by atoms with van der Waals surface area (Å²) in [5.74, 6) is 2.54. The van der Waals surface area contributed by atoms with E-state index in [0.29, 0.717) is 18.2 Å². The molecule has 0 radical (unpaired) electrons. The third-order valence-corrected chi connectivity index (χ3v) is 3.81. The number of pyridine rings is 1. The van der Waals surface area contributed by atoms with Crippen LogP contribution < -0.4 is 15.4 Å². The average molecular weight is 490 g/mol. The van der Waals surface area contributed by atoms with E-state index in [1.165, 1.54) is 12.1 Å². The highest BCUT2D eigenvalue weighted by Crippen LogP contribution is 2.19. The monoisotopic (exact) mass is 490 g/mol. The van der Waals surface area contributed by atoms with Crippen LogP contribution in [0.15, 0.2) is 47.6 Å². The second kappa shape index (κ2) is 12.7. The molecule has 0 saturated heterocycles. The van der Waals surface area contributed by atoms with E-state index in [1.807, 2.05) is 13.0 Å². The molecular weight excluding hydrogens is 466 g/mol. The van der Waals surface area contributed by atoms with Crippen LogP contribution in [0.4, 0.5) is 4.39 Å². The fourth-order valence-corrected chi connectivity index (χ4v) is 2.28. The Labute approximate surface area is 175 Å². The molecule has 0 fully saturated rings. The largest absolute Gasteiger partial charge is 0.439 e. The average Bonchev–Trinajstić information content (AvgIpc) is 2.63. The van der Waals surface area contributed by atoms with E-state index >= 15 is 0 Å². The Balaban J connectivity index is 0.00000338. The van der Waals surface area contributed by atoms with Gasteiger partial charge in [-0.2, -0.15) is 11.8 Å². The van der Waals surface area contributed by atoms with Gasteiger partial charge in [0, 0.05) is 31.1 Å². The van der Waals surface area contributed by atoms with Gasteiger partial charge in [0.2, 0.25) is 5.88 Å². The first-order valence-corrected chi connectivity index (χ1v) is 9.50. The van der Waals surface area contributed by atoms with Gasteiger partial charge in [0.1, 0.15) is 11.6 Å². The molecule has 0 saturated carbocycles. The second-order valence-corrected chi connectivity index (χ2v) is 6.16. The number of benzene rings is 1. The minimum absolute atomic E-state index is 0. The van der Waals surface area contributed by atoms with Crippen LogP contribution in [0.2, 0.25) is 0 Å². The van der Waals surface area contributed by atoms with E-state index < -0.39 is 0 Å². The molecule has 0 bridgehead atoms. The first-order valence-electron chi connectivity index (χ1n) is 8.10. The van der Waals surface area contributed by atoms with Gasteiger partial charge < -0.3 is 15.4 Å². The zero-order valence-corrected chi connectivity index (χ0v) is 18.0. The van der Waals surface area contributed by atoms with Crippen LogP contribution in [0.3, 0.4) is 0 Å². The predicted octanol–water partition coefficient (Wildman–Crippen LogP) is 4.05. The van der Waals surface area contributed by atoms with Crippen molar-refractivity contribution in [1.82, 2.24) is 15.6 Å². The van der Waals surface area contributed by atoms with Crippen molar-refractivity contribution in [2.75, 3.05) is 25.1 Å². The standard InChI is InChI=1S/C18H23FN4OS.HI/c1-3-20-18(21-10-11-25-2)23-13-14-4-9-17(22-12-14)24-16-7-5-15(19)6-8-16;/h4-9,12H,3,10-11,13H2,1-2H3,(H2,20,21,23);1H. The number of ether oxygens (including phenoxy) is 1. The molecule has 0 aliphatic carbocycles. The van der Waals surface area contributed by atoms with Gasteiger partial charge in [-0.3, -0.25) is 0 Å². The number of halogens is 2. The SMILES string of the molecule is CCNC(=NCc1ccc(Oc2ccc(F)cc2)nc1)NCCSC.I. The van der Waals surface area contributed by atoms with Crippen molar-refractivity contribution in [1.29, 1.82) is 0 Å². The third-order valence-electron chi connectivity index (χ3n) is 3.20. The van der Waals surface area contributed by atoms with Gasteiger partial charge in [0.25, 0.3) is 0 Å². The van der Waals surface area contributed by atoms with Gasteiger partial charge >= 0.3 is 0 Å². The zero-order chi connectivity index (χ0) is 17.9. The molecule has 2 rings (SSSR count). The molecule has 0 amide bonds. The first kappa shape index (κ1) is 22.5. The molecule has 2 N–H and O–H groups in total. The summed E-state index contributed by atoms with van der Waals surface area (Å²) in [6.07, 6.45) is 3.81. The lowest BCUT2D eigenvalue weighted by Crippen LogP contribution is -2.38. The minimum Gasteiger partial charge on any atom is -0.439 e. The zero-order valence-electron chi connectivity index (χ0n) is 14.9. The van der Waals surface area contributed by atoms with Crippen LogP contribution in [-0.4, -0.2) is 36.0 Å². The molecule has 0 atom stereocenters. The summed E-state index contributed by atoms with van der Waals surface area (Å²) < 4.78 is 18.5. The summed E-state index contributed by atoms with van der Waals surface area (Å²) in [6, 6.07) is 9.54. The second-order valence-electron chi connectivity index (χ2n) is 5.18. The summed E-state index contributed by atoms with van der Waals surface area (Å²) in [5.41, 5.74) is 0.980. The highest BCUT2D eigenvalue weighted by atomic mass is 127. The molecule has 8 heteroatoms.